The summed E-state index contributed by atoms with van der Waals surface area (Å²) in [6.07, 6.45) is 6.54. The van der Waals surface area contributed by atoms with Gasteiger partial charge in [-0.2, -0.15) is 5.48 Å². The Kier molecular flexibility index (Phi) is 4.50. The number of benzene rings is 1. The Balaban J connectivity index is 2.11. The van der Waals surface area contributed by atoms with Crippen molar-refractivity contribution >= 4 is 5.78 Å². The van der Waals surface area contributed by atoms with Gasteiger partial charge in [-0.1, -0.05) is 43.5 Å². The fourth-order valence-corrected chi connectivity index (χ4v) is 2.80. The second-order valence-corrected chi connectivity index (χ2v) is 5.17. The predicted octanol–water partition coefficient (Wildman–Crippen LogP) is 3.34. The molecule has 2 N–H and O–H groups in total. The van der Waals surface area contributed by atoms with Crippen LogP contribution in [0.3, 0.4) is 0 Å². The van der Waals surface area contributed by atoms with Gasteiger partial charge in [0, 0.05) is 0 Å². The van der Waals surface area contributed by atoms with Crippen LogP contribution in [0.4, 0.5) is 0 Å². The zero-order chi connectivity index (χ0) is 13.0. The van der Waals surface area contributed by atoms with E-state index in [4.69, 9.17) is 5.21 Å². The van der Waals surface area contributed by atoms with Crippen molar-refractivity contribution in [2.24, 2.45) is 0 Å². The molecular weight excluding hydrogens is 226 g/mol. The normalized spacial score (nSPS) is 18.6. The van der Waals surface area contributed by atoms with Crippen molar-refractivity contribution in [3.05, 3.63) is 35.4 Å². The third-order valence-electron chi connectivity index (χ3n) is 3.88. The molecule has 1 saturated carbocycles. The first-order chi connectivity index (χ1) is 8.72. The highest BCUT2D eigenvalue weighted by Gasteiger charge is 2.18. The van der Waals surface area contributed by atoms with E-state index in [-0.39, 0.29) is 5.78 Å². The number of hydrogen-bond acceptors (Lipinski definition) is 3. The van der Waals surface area contributed by atoms with Gasteiger partial charge in [0.2, 0.25) is 0 Å². The lowest BCUT2D eigenvalue weighted by Crippen LogP contribution is -2.23. The van der Waals surface area contributed by atoms with Crippen molar-refractivity contribution in [2.45, 2.75) is 51.0 Å². The molecule has 0 radical (unpaired) electrons. The van der Waals surface area contributed by atoms with Crippen molar-refractivity contribution < 1.29 is 10.0 Å². The van der Waals surface area contributed by atoms with Crippen molar-refractivity contribution in [1.29, 1.82) is 0 Å². The Labute approximate surface area is 108 Å². The van der Waals surface area contributed by atoms with Gasteiger partial charge in [-0.05, 0) is 36.8 Å². The summed E-state index contributed by atoms with van der Waals surface area (Å²) in [5, 5.41) is 9.00. The maximum absolute atomic E-state index is 11.3. The van der Waals surface area contributed by atoms with Gasteiger partial charge in [-0.15, -0.1) is 0 Å². The summed E-state index contributed by atoms with van der Waals surface area (Å²) in [4.78, 5) is 11.3. The Morgan fingerprint density at radius 3 is 2.33 bits per heavy atom. The molecule has 1 aliphatic rings. The number of hydrogen-bond donors (Lipinski definition) is 2. The number of rotatable bonds is 4. The first-order valence-corrected chi connectivity index (χ1v) is 6.72. The molecule has 1 aromatic carbocycles. The standard InChI is InChI=1S/C15H21NO2/c1-11(17)15(16-18)14-9-7-13(8-10-14)12-5-3-2-4-6-12/h7-10,12,15-16,18H,2-6H2,1H3. The van der Waals surface area contributed by atoms with E-state index in [2.05, 4.69) is 17.6 Å². The van der Waals surface area contributed by atoms with E-state index in [1.54, 1.807) is 0 Å². The van der Waals surface area contributed by atoms with Gasteiger partial charge in [0.05, 0.1) is 0 Å². The molecule has 0 heterocycles. The number of ketones is 1. The smallest absolute Gasteiger partial charge is 0.153 e. The average Bonchev–Trinajstić information content (AvgIpc) is 2.41. The molecule has 1 aliphatic carbocycles. The van der Waals surface area contributed by atoms with E-state index in [1.807, 2.05) is 12.1 Å². The maximum Gasteiger partial charge on any atom is 0.153 e. The summed E-state index contributed by atoms with van der Waals surface area (Å²) >= 11 is 0. The lowest BCUT2D eigenvalue weighted by atomic mass is 9.83. The topological polar surface area (TPSA) is 49.3 Å². The van der Waals surface area contributed by atoms with E-state index in [9.17, 15) is 4.79 Å². The Morgan fingerprint density at radius 1 is 1.22 bits per heavy atom. The van der Waals surface area contributed by atoms with Gasteiger partial charge in [0.1, 0.15) is 6.04 Å². The number of hydroxylamine groups is 1. The fraction of sp³-hybridized carbons (Fsp3) is 0.533. The summed E-state index contributed by atoms with van der Waals surface area (Å²) in [6, 6.07) is 7.47. The van der Waals surface area contributed by atoms with Gasteiger partial charge in [0.15, 0.2) is 5.78 Å². The van der Waals surface area contributed by atoms with Crippen molar-refractivity contribution in [3.8, 4) is 0 Å². The molecule has 1 aromatic rings. The molecule has 18 heavy (non-hydrogen) atoms. The molecule has 0 saturated heterocycles. The Hall–Kier alpha value is -1.19. The SMILES string of the molecule is CC(=O)C(NO)c1ccc(C2CCCCC2)cc1. The number of carbonyl (C=O) groups excluding carboxylic acids is 1. The van der Waals surface area contributed by atoms with E-state index >= 15 is 0 Å². The Bertz CT molecular complexity index is 393. The van der Waals surface area contributed by atoms with E-state index < -0.39 is 6.04 Å². The third kappa shape index (κ3) is 2.98. The summed E-state index contributed by atoms with van der Waals surface area (Å²) in [5.41, 5.74) is 4.25. The van der Waals surface area contributed by atoms with Gasteiger partial charge >= 0.3 is 0 Å². The molecule has 3 nitrogen and oxygen atoms in total. The van der Waals surface area contributed by atoms with Crippen LogP contribution in [0.15, 0.2) is 24.3 Å². The minimum absolute atomic E-state index is 0.0806. The number of nitrogens with one attached hydrogen (secondary N) is 1. The molecule has 0 aliphatic heterocycles. The van der Waals surface area contributed by atoms with Crippen molar-refractivity contribution in [3.63, 3.8) is 0 Å². The Morgan fingerprint density at radius 2 is 1.83 bits per heavy atom. The van der Waals surface area contributed by atoms with Gasteiger partial charge in [-0.3, -0.25) is 4.79 Å². The first-order valence-electron chi connectivity index (χ1n) is 6.72. The quantitative estimate of drug-likeness (QED) is 0.802. The second kappa shape index (κ2) is 6.12. The summed E-state index contributed by atoms with van der Waals surface area (Å²) in [7, 11) is 0. The highest BCUT2D eigenvalue weighted by Crippen LogP contribution is 2.32. The van der Waals surface area contributed by atoms with Crippen molar-refractivity contribution in [2.75, 3.05) is 0 Å². The van der Waals surface area contributed by atoms with Crippen LogP contribution in [0.25, 0.3) is 0 Å². The first kappa shape index (κ1) is 13.2. The molecule has 0 amide bonds. The van der Waals surface area contributed by atoms with Crippen LogP contribution in [-0.4, -0.2) is 11.0 Å². The monoisotopic (exact) mass is 247 g/mol. The molecule has 1 unspecified atom stereocenters. The molecule has 1 fully saturated rings. The molecule has 0 spiro atoms. The molecule has 3 heteroatoms. The molecule has 1 atom stereocenters. The molecule has 98 valence electrons. The van der Waals surface area contributed by atoms with E-state index in [0.717, 1.165) is 5.56 Å². The van der Waals surface area contributed by atoms with Crippen molar-refractivity contribution in [1.82, 2.24) is 5.48 Å². The molecule has 0 bridgehead atoms. The third-order valence-corrected chi connectivity index (χ3v) is 3.88. The highest BCUT2D eigenvalue weighted by molar-refractivity contribution is 5.82. The summed E-state index contributed by atoms with van der Waals surface area (Å²) in [5.74, 6) is 0.591. The van der Waals surface area contributed by atoms with E-state index in [0.29, 0.717) is 5.92 Å². The molecule has 2 rings (SSSR count). The summed E-state index contributed by atoms with van der Waals surface area (Å²) < 4.78 is 0. The lowest BCUT2D eigenvalue weighted by molar-refractivity contribution is -0.121. The highest BCUT2D eigenvalue weighted by atomic mass is 16.5. The largest absolute Gasteiger partial charge is 0.316 e. The number of carbonyl (C=O) groups is 1. The zero-order valence-electron chi connectivity index (χ0n) is 10.9. The van der Waals surface area contributed by atoms with Gasteiger partial charge < -0.3 is 5.21 Å². The van der Waals surface area contributed by atoms with Crippen LogP contribution in [0.5, 0.6) is 0 Å². The van der Waals surface area contributed by atoms with Crippen LogP contribution < -0.4 is 5.48 Å². The minimum Gasteiger partial charge on any atom is -0.316 e. The van der Waals surface area contributed by atoms with Crippen LogP contribution >= 0.6 is 0 Å². The second-order valence-electron chi connectivity index (χ2n) is 5.17. The minimum atomic E-state index is -0.606. The molecule has 0 aromatic heterocycles. The summed E-state index contributed by atoms with van der Waals surface area (Å²) in [6.45, 7) is 1.48. The van der Waals surface area contributed by atoms with E-state index in [1.165, 1.54) is 44.6 Å². The average molecular weight is 247 g/mol. The lowest BCUT2D eigenvalue weighted by Gasteiger charge is -2.22. The maximum atomic E-state index is 11.3. The van der Waals surface area contributed by atoms with Crippen LogP contribution in [0, 0.1) is 0 Å². The molecular formula is C15H21NO2. The van der Waals surface area contributed by atoms with Crippen LogP contribution in [0.2, 0.25) is 0 Å². The fourth-order valence-electron chi connectivity index (χ4n) is 2.80. The van der Waals surface area contributed by atoms with Gasteiger partial charge in [-0.25, -0.2) is 0 Å². The zero-order valence-corrected chi connectivity index (χ0v) is 10.9. The van der Waals surface area contributed by atoms with Crippen LogP contribution in [-0.2, 0) is 4.79 Å². The number of Topliss-reactive ketones (excluding diaryl/α,β-unsaturated/α-hetero) is 1. The van der Waals surface area contributed by atoms with Crippen LogP contribution in [0.1, 0.15) is 62.1 Å². The predicted molar refractivity (Wildman–Crippen MR) is 70.6 cm³/mol. The van der Waals surface area contributed by atoms with Gasteiger partial charge in [0.25, 0.3) is 0 Å².